The van der Waals surface area contributed by atoms with E-state index in [0.29, 0.717) is 23.4 Å². The van der Waals surface area contributed by atoms with E-state index >= 15 is 0 Å². The van der Waals surface area contributed by atoms with E-state index < -0.39 is 0 Å². The molecule has 1 saturated heterocycles. The van der Waals surface area contributed by atoms with E-state index in [1.165, 1.54) is 11.3 Å². The highest BCUT2D eigenvalue weighted by Crippen LogP contribution is 2.29. The van der Waals surface area contributed by atoms with Crippen molar-refractivity contribution in [1.29, 1.82) is 0 Å². The van der Waals surface area contributed by atoms with Crippen molar-refractivity contribution < 1.29 is 4.42 Å². The summed E-state index contributed by atoms with van der Waals surface area (Å²) in [4.78, 5) is 14.2. The van der Waals surface area contributed by atoms with Gasteiger partial charge in [0.05, 0.1) is 6.26 Å². The molecule has 7 nitrogen and oxygen atoms in total. The van der Waals surface area contributed by atoms with Crippen LogP contribution in [-0.2, 0) is 0 Å². The SMILES string of the molecule is Cc1cccc(N2CCN(c3c(C)c(C)nc4nc(-c5ccco5)nn34)C[C@@H]2C)c1. The second-order valence-electron chi connectivity index (χ2n) is 8.10. The third-order valence-corrected chi connectivity index (χ3v) is 5.94. The van der Waals surface area contributed by atoms with Crippen LogP contribution in [0, 0.1) is 20.8 Å². The van der Waals surface area contributed by atoms with Crippen LogP contribution >= 0.6 is 0 Å². The number of benzene rings is 1. The molecule has 0 bridgehead atoms. The number of rotatable bonds is 3. The van der Waals surface area contributed by atoms with E-state index in [4.69, 9.17) is 9.52 Å². The molecule has 0 spiro atoms. The molecule has 4 heterocycles. The van der Waals surface area contributed by atoms with Crippen molar-refractivity contribution in [3.05, 3.63) is 59.5 Å². The van der Waals surface area contributed by atoms with Gasteiger partial charge in [0.15, 0.2) is 5.76 Å². The molecule has 7 heteroatoms. The Morgan fingerprint density at radius 3 is 2.63 bits per heavy atom. The Kier molecular flexibility index (Phi) is 4.46. The fourth-order valence-electron chi connectivity index (χ4n) is 4.29. The number of anilines is 2. The Morgan fingerprint density at radius 2 is 1.90 bits per heavy atom. The average Bonchev–Trinajstić information content (AvgIpc) is 3.38. The first kappa shape index (κ1) is 18.7. The molecule has 0 aliphatic carbocycles. The number of nitrogens with zero attached hydrogens (tertiary/aromatic N) is 6. The molecule has 154 valence electrons. The molecule has 0 unspecified atom stereocenters. The predicted molar refractivity (Wildman–Crippen MR) is 118 cm³/mol. The van der Waals surface area contributed by atoms with Gasteiger partial charge in [-0.25, -0.2) is 4.98 Å². The molecule has 1 aromatic carbocycles. The predicted octanol–water partition coefficient (Wildman–Crippen LogP) is 4.02. The summed E-state index contributed by atoms with van der Waals surface area (Å²) < 4.78 is 7.37. The quantitative estimate of drug-likeness (QED) is 0.516. The Hall–Kier alpha value is -3.35. The Bertz CT molecular complexity index is 1200. The molecule has 4 aromatic rings. The number of aromatic nitrogens is 4. The van der Waals surface area contributed by atoms with Gasteiger partial charge in [0, 0.05) is 42.6 Å². The van der Waals surface area contributed by atoms with Gasteiger partial charge >= 0.3 is 0 Å². The minimum absolute atomic E-state index is 0.372. The van der Waals surface area contributed by atoms with Gasteiger partial charge in [-0.05, 0) is 57.5 Å². The molecule has 3 aromatic heterocycles. The third-order valence-electron chi connectivity index (χ3n) is 5.94. The summed E-state index contributed by atoms with van der Waals surface area (Å²) in [6.45, 7) is 11.3. The van der Waals surface area contributed by atoms with Crippen LogP contribution in [0.25, 0.3) is 17.4 Å². The highest BCUT2D eigenvalue weighted by molar-refractivity contribution is 5.59. The smallest absolute Gasteiger partial charge is 0.255 e. The number of aryl methyl sites for hydroxylation is 2. The molecule has 0 radical (unpaired) electrons. The Balaban J connectivity index is 1.51. The average molecular weight is 403 g/mol. The summed E-state index contributed by atoms with van der Waals surface area (Å²) in [7, 11) is 0. The first-order valence-electron chi connectivity index (χ1n) is 10.4. The molecule has 30 heavy (non-hydrogen) atoms. The molecule has 0 amide bonds. The van der Waals surface area contributed by atoms with E-state index in [1.807, 2.05) is 23.6 Å². The summed E-state index contributed by atoms with van der Waals surface area (Å²) in [5.41, 5.74) is 4.69. The number of fused-ring (bicyclic) bond motifs is 1. The van der Waals surface area contributed by atoms with E-state index in [1.54, 1.807) is 6.26 Å². The van der Waals surface area contributed by atoms with Crippen LogP contribution in [0.5, 0.6) is 0 Å². The van der Waals surface area contributed by atoms with Gasteiger partial charge in [-0.1, -0.05) is 12.1 Å². The first-order chi connectivity index (χ1) is 14.5. The van der Waals surface area contributed by atoms with Crippen molar-refractivity contribution in [3.8, 4) is 11.6 Å². The second-order valence-corrected chi connectivity index (χ2v) is 8.10. The molecular formula is C23H26N6O. The third kappa shape index (κ3) is 3.10. The maximum Gasteiger partial charge on any atom is 0.255 e. The van der Waals surface area contributed by atoms with Crippen LogP contribution in [0.3, 0.4) is 0 Å². The van der Waals surface area contributed by atoms with Crippen molar-refractivity contribution in [2.45, 2.75) is 33.7 Å². The van der Waals surface area contributed by atoms with E-state index in [-0.39, 0.29) is 0 Å². The summed E-state index contributed by atoms with van der Waals surface area (Å²) >= 11 is 0. The zero-order chi connectivity index (χ0) is 20.8. The lowest BCUT2D eigenvalue weighted by molar-refractivity contribution is 0.542. The monoisotopic (exact) mass is 402 g/mol. The normalized spacial score (nSPS) is 17.1. The van der Waals surface area contributed by atoms with Crippen molar-refractivity contribution >= 4 is 17.3 Å². The maximum atomic E-state index is 5.50. The Morgan fingerprint density at radius 1 is 1.03 bits per heavy atom. The fourth-order valence-corrected chi connectivity index (χ4v) is 4.29. The standard InChI is InChI=1S/C23H26N6O/c1-15-7-5-8-19(13-15)28-11-10-27(14-16(28)2)22-17(3)18(4)24-23-25-21(26-29(22)23)20-9-6-12-30-20/h5-9,12-13,16H,10-11,14H2,1-4H3/t16-/m0/s1. The molecular weight excluding hydrogens is 376 g/mol. The van der Waals surface area contributed by atoms with Crippen LogP contribution in [0.2, 0.25) is 0 Å². The summed E-state index contributed by atoms with van der Waals surface area (Å²) in [6.07, 6.45) is 1.64. The van der Waals surface area contributed by atoms with Gasteiger partial charge < -0.3 is 14.2 Å². The largest absolute Gasteiger partial charge is 0.461 e. The van der Waals surface area contributed by atoms with Gasteiger partial charge in [0.25, 0.3) is 5.78 Å². The number of hydrogen-bond donors (Lipinski definition) is 0. The van der Waals surface area contributed by atoms with E-state index in [2.05, 4.69) is 64.8 Å². The lowest BCUT2D eigenvalue weighted by Crippen LogP contribution is -2.53. The highest BCUT2D eigenvalue weighted by atomic mass is 16.3. The fraction of sp³-hybridized carbons (Fsp3) is 0.348. The highest BCUT2D eigenvalue weighted by Gasteiger charge is 2.28. The lowest BCUT2D eigenvalue weighted by atomic mass is 10.1. The molecule has 1 fully saturated rings. The number of hydrogen-bond acceptors (Lipinski definition) is 6. The van der Waals surface area contributed by atoms with Gasteiger partial charge in [-0.2, -0.15) is 9.50 Å². The second kappa shape index (κ2) is 7.16. The van der Waals surface area contributed by atoms with Crippen LogP contribution < -0.4 is 9.80 Å². The van der Waals surface area contributed by atoms with Gasteiger partial charge in [0.1, 0.15) is 5.82 Å². The van der Waals surface area contributed by atoms with Crippen molar-refractivity contribution in [2.24, 2.45) is 0 Å². The van der Waals surface area contributed by atoms with Gasteiger partial charge in [-0.3, -0.25) is 0 Å². The zero-order valence-electron chi connectivity index (χ0n) is 17.8. The van der Waals surface area contributed by atoms with Crippen molar-refractivity contribution in [2.75, 3.05) is 29.4 Å². The Labute approximate surface area is 176 Å². The van der Waals surface area contributed by atoms with Gasteiger partial charge in [0.2, 0.25) is 5.82 Å². The minimum atomic E-state index is 0.372. The van der Waals surface area contributed by atoms with Gasteiger partial charge in [-0.15, -0.1) is 5.10 Å². The van der Waals surface area contributed by atoms with Crippen LogP contribution in [0.4, 0.5) is 11.5 Å². The van der Waals surface area contributed by atoms with E-state index in [0.717, 1.165) is 36.7 Å². The first-order valence-corrected chi connectivity index (χ1v) is 10.4. The van der Waals surface area contributed by atoms with Crippen LogP contribution in [0.15, 0.2) is 47.1 Å². The summed E-state index contributed by atoms with van der Waals surface area (Å²) in [5, 5.41) is 4.74. The molecule has 1 aliphatic rings. The summed E-state index contributed by atoms with van der Waals surface area (Å²) in [6, 6.07) is 12.8. The topological polar surface area (TPSA) is 62.7 Å². The minimum Gasteiger partial charge on any atom is -0.461 e. The van der Waals surface area contributed by atoms with Crippen LogP contribution in [0.1, 0.15) is 23.7 Å². The molecule has 5 rings (SSSR count). The molecule has 1 atom stereocenters. The van der Waals surface area contributed by atoms with Crippen LogP contribution in [-0.4, -0.2) is 45.3 Å². The maximum absolute atomic E-state index is 5.50. The number of piperazine rings is 1. The van der Waals surface area contributed by atoms with Crippen molar-refractivity contribution in [3.63, 3.8) is 0 Å². The number of furan rings is 1. The molecule has 1 aliphatic heterocycles. The summed E-state index contributed by atoms with van der Waals surface area (Å²) in [5.74, 6) is 2.89. The lowest BCUT2D eigenvalue weighted by Gasteiger charge is -2.42. The van der Waals surface area contributed by atoms with E-state index in [9.17, 15) is 0 Å². The molecule has 0 saturated carbocycles. The molecule has 0 N–H and O–H groups in total. The zero-order valence-corrected chi connectivity index (χ0v) is 17.8. The van der Waals surface area contributed by atoms with Crippen molar-refractivity contribution in [1.82, 2.24) is 19.6 Å².